The highest BCUT2D eigenvalue weighted by molar-refractivity contribution is 7.09. The van der Waals surface area contributed by atoms with Crippen molar-refractivity contribution in [3.63, 3.8) is 0 Å². The van der Waals surface area contributed by atoms with Crippen LogP contribution < -0.4 is 10.6 Å². The Bertz CT molecular complexity index is 703. The topological polar surface area (TPSA) is 57.3 Å². The quantitative estimate of drug-likeness (QED) is 0.886. The first kappa shape index (κ1) is 16.5. The fourth-order valence-corrected chi connectivity index (χ4v) is 4.66. The number of fused-ring (bicyclic) bond motifs is 2. The van der Waals surface area contributed by atoms with Crippen molar-refractivity contribution in [2.24, 2.45) is 0 Å². The molecule has 5 nitrogen and oxygen atoms in total. The minimum atomic E-state index is 0.0936. The average molecular weight is 356 g/mol. The van der Waals surface area contributed by atoms with Gasteiger partial charge in [-0.2, -0.15) is 0 Å². The first-order chi connectivity index (χ1) is 12.3. The number of hydrogen-bond acceptors (Lipinski definition) is 4. The van der Waals surface area contributed by atoms with Gasteiger partial charge in [0, 0.05) is 42.5 Å². The van der Waals surface area contributed by atoms with Gasteiger partial charge in [0.25, 0.3) is 0 Å². The maximum atomic E-state index is 12.6. The summed E-state index contributed by atoms with van der Waals surface area (Å²) in [6.07, 6.45) is 4.12. The van der Waals surface area contributed by atoms with Gasteiger partial charge >= 0.3 is 6.03 Å². The number of benzene rings is 1. The Morgan fingerprint density at radius 1 is 1.24 bits per heavy atom. The minimum Gasteiger partial charge on any atom is -0.338 e. The van der Waals surface area contributed by atoms with Crippen LogP contribution in [0.3, 0.4) is 0 Å². The average Bonchev–Trinajstić information content (AvgIpc) is 3.19. The van der Waals surface area contributed by atoms with E-state index < -0.39 is 0 Å². The van der Waals surface area contributed by atoms with Crippen LogP contribution in [-0.2, 0) is 6.42 Å². The molecule has 132 valence electrons. The van der Waals surface area contributed by atoms with E-state index in [4.69, 9.17) is 4.98 Å². The zero-order chi connectivity index (χ0) is 17.1. The van der Waals surface area contributed by atoms with Gasteiger partial charge in [0.1, 0.15) is 0 Å². The summed E-state index contributed by atoms with van der Waals surface area (Å²) in [6.45, 7) is 2.59. The Morgan fingerprint density at radius 3 is 2.96 bits per heavy atom. The fourth-order valence-electron chi connectivity index (χ4n) is 3.85. The van der Waals surface area contributed by atoms with E-state index in [1.165, 1.54) is 0 Å². The van der Waals surface area contributed by atoms with Gasteiger partial charge in [0.15, 0.2) is 0 Å². The zero-order valence-electron chi connectivity index (χ0n) is 14.3. The third-order valence-corrected chi connectivity index (χ3v) is 6.03. The van der Waals surface area contributed by atoms with Gasteiger partial charge in [-0.1, -0.05) is 30.3 Å². The molecule has 2 saturated heterocycles. The van der Waals surface area contributed by atoms with E-state index in [0.717, 1.165) is 55.0 Å². The predicted molar refractivity (Wildman–Crippen MR) is 101 cm³/mol. The molecule has 4 rings (SSSR count). The lowest BCUT2D eigenvalue weighted by Gasteiger charge is -2.27. The molecule has 1 aromatic carbocycles. The number of amides is 2. The third-order valence-electron chi connectivity index (χ3n) is 5.13. The molecular formula is C19H24N4OS. The maximum absolute atomic E-state index is 12.6. The van der Waals surface area contributed by atoms with Crippen LogP contribution in [0.25, 0.3) is 11.3 Å². The van der Waals surface area contributed by atoms with Crippen molar-refractivity contribution in [1.29, 1.82) is 0 Å². The number of aromatic nitrogens is 1. The van der Waals surface area contributed by atoms with Crippen LogP contribution in [0.5, 0.6) is 0 Å². The standard InChI is InChI=1S/C19H24N4OS/c24-19(23-15-6-7-16(23)12-20-10-8-15)21-11-9-18-22-17(13-25-18)14-4-2-1-3-5-14/h1-5,13,15-16,20H,6-12H2,(H,21,24)/t15-,16+/m1/s1. The number of hydrogen-bond donors (Lipinski definition) is 2. The summed E-state index contributed by atoms with van der Waals surface area (Å²) in [5.74, 6) is 0. The number of urea groups is 1. The summed E-state index contributed by atoms with van der Waals surface area (Å²) in [5, 5.41) is 9.70. The highest BCUT2D eigenvalue weighted by atomic mass is 32.1. The number of nitrogens with one attached hydrogen (secondary N) is 2. The summed E-state index contributed by atoms with van der Waals surface area (Å²) >= 11 is 1.66. The predicted octanol–water partition coefficient (Wildman–Crippen LogP) is 2.89. The van der Waals surface area contributed by atoms with Crippen molar-refractivity contribution in [3.05, 3.63) is 40.7 Å². The second kappa shape index (κ2) is 7.54. The Hall–Kier alpha value is -1.92. The highest BCUT2D eigenvalue weighted by Gasteiger charge is 2.37. The number of thiazole rings is 1. The van der Waals surface area contributed by atoms with Gasteiger partial charge in [-0.3, -0.25) is 0 Å². The molecule has 0 unspecified atom stereocenters. The molecule has 0 saturated carbocycles. The first-order valence-corrected chi connectivity index (χ1v) is 9.96. The molecule has 2 aliphatic heterocycles. The molecule has 0 aliphatic carbocycles. The van der Waals surface area contributed by atoms with E-state index >= 15 is 0 Å². The monoisotopic (exact) mass is 356 g/mol. The van der Waals surface area contributed by atoms with Gasteiger partial charge in [-0.15, -0.1) is 11.3 Å². The van der Waals surface area contributed by atoms with E-state index in [1.54, 1.807) is 11.3 Å². The van der Waals surface area contributed by atoms with Crippen LogP contribution in [0, 0.1) is 0 Å². The van der Waals surface area contributed by atoms with E-state index in [1.807, 2.05) is 18.2 Å². The lowest BCUT2D eigenvalue weighted by atomic mass is 10.1. The van der Waals surface area contributed by atoms with Crippen molar-refractivity contribution in [3.8, 4) is 11.3 Å². The molecule has 2 aliphatic rings. The third kappa shape index (κ3) is 3.70. The van der Waals surface area contributed by atoms with Crippen molar-refractivity contribution >= 4 is 17.4 Å². The zero-order valence-corrected chi connectivity index (χ0v) is 15.1. The van der Waals surface area contributed by atoms with E-state index in [0.29, 0.717) is 18.6 Å². The number of rotatable bonds is 4. The Labute approximate surface area is 152 Å². The fraction of sp³-hybridized carbons (Fsp3) is 0.474. The molecule has 3 heterocycles. The summed E-state index contributed by atoms with van der Waals surface area (Å²) in [5.41, 5.74) is 2.16. The normalized spacial score (nSPS) is 22.6. The minimum absolute atomic E-state index is 0.0936. The van der Waals surface area contributed by atoms with Crippen molar-refractivity contribution in [2.45, 2.75) is 37.8 Å². The van der Waals surface area contributed by atoms with Crippen LogP contribution in [0.2, 0.25) is 0 Å². The molecule has 2 bridgehead atoms. The maximum Gasteiger partial charge on any atom is 0.317 e. The summed E-state index contributed by atoms with van der Waals surface area (Å²) in [4.78, 5) is 19.4. The van der Waals surface area contributed by atoms with Crippen LogP contribution in [0.4, 0.5) is 4.79 Å². The largest absolute Gasteiger partial charge is 0.338 e. The molecule has 2 aromatic rings. The molecule has 2 atom stereocenters. The highest BCUT2D eigenvalue weighted by Crippen LogP contribution is 2.27. The molecule has 2 N–H and O–H groups in total. The SMILES string of the molecule is O=C(NCCc1nc(-c2ccccc2)cs1)N1[C@H]2CCNC[C@@H]1CC2. The lowest BCUT2D eigenvalue weighted by molar-refractivity contribution is 0.176. The molecular weight excluding hydrogens is 332 g/mol. The Kier molecular flexibility index (Phi) is 4.99. The second-order valence-corrected chi connectivity index (χ2v) is 7.70. The van der Waals surface area contributed by atoms with Crippen molar-refractivity contribution < 1.29 is 4.79 Å². The second-order valence-electron chi connectivity index (χ2n) is 6.76. The van der Waals surface area contributed by atoms with Gasteiger partial charge in [0.05, 0.1) is 10.7 Å². The van der Waals surface area contributed by atoms with E-state index in [9.17, 15) is 4.79 Å². The molecule has 6 heteroatoms. The lowest BCUT2D eigenvalue weighted by Crippen LogP contribution is -2.48. The molecule has 25 heavy (non-hydrogen) atoms. The van der Waals surface area contributed by atoms with Crippen molar-refractivity contribution in [1.82, 2.24) is 20.5 Å². The Morgan fingerprint density at radius 2 is 2.08 bits per heavy atom. The van der Waals surface area contributed by atoms with E-state index in [-0.39, 0.29) is 6.03 Å². The van der Waals surface area contributed by atoms with E-state index in [2.05, 4.69) is 33.0 Å². The molecule has 0 radical (unpaired) electrons. The summed E-state index contributed by atoms with van der Waals surface area (Å²) in [6, 6.07) is 11.1. The van der Waals surface area contributed by atoms with Crippen LogP contribution in [0.15, 0.2) is 35.7 Å². The molecule has 0 spiro atoms. The molecule has 2 amide bonds. The van der Waals surface area contributed by atoms with Gasteiger partial charge < -0.3 is 15.5 Å². The van der Waals surface area contributed by atoms with Gasteiger partial charge in [-0.25, -0.2) is 9.78 Å². The Balaban J connectivity index is 1.31. The van der Waals surface area contributed by atoms with Crippen LogP contribution in [-0.4, -0.2) is 47.6 Å². The molecule has 1 aromatic heterocycles. The van der Waals surface area contributed by atoms with Gasteiger partial charge in [-0.05, 0) is 25.8 Å². The number of carbonyl (C=O) groups excluding carboxylic acids is 1. The van der Waals surface area contributed by atoms with Gasteiger partial charge in [0.2, 0.25) is 0 Å². The van der Waals surface area contributed by atoms with Crippen LogP contribution in [0.1, 0.15) is 24.3 Å². The number of carbonyl (C=O) groups is 1. The summed E-state index contributed by atoms with van der Waals surface area (Å²) < 4.78 is 0. The summed E-state index contributed by atoms with van der Waals surface area (Å²) in [7, 11) is 0. The number of nitrogens with zero attached hydrogens (tertiary/aromatic N) is 2. The van der Waals surface area contributed by atoms with Crippen LogP contribution >= 0.6 is 11.3 Å². The van der Waals surface area contributed by atoms with Crippen molar-refractivity contribution in [2.75, 3.05) is 19.6 Å². The smallest absolute Gasteiger partial charge is 0.317 e. The first-order valence-electron chi connectivity index (χ1n) is 9.08. The molecule has 2 fully saturated rings.